The van der Waals surface area contributed by atoms with Crippen LogP contribution in [0.2, 0.25) is 0 Å². The lowest BCUT2D eigenvalue weighted by Crippen LogP contribution is -2.51. The summed E-state index contributed by atoms with van der Waals surface area (Å²) in [5.41, 5.74) is 2.53. The third-order valence-corrected chi connectivity index (χ3v) is 8.20. The van der Waals surface area contributed by atoms with Crippen LogP contribution >= 0.6 is 0 Å². The molecule has 1 heterocycles. The molecule has 1 aliphatic heterocycles. The highest BCUT2D eigenvalue weighted by molar-refractivity contribution is 7.89. The van der Waals surface area contributed by atoms with Crippen molar-refractivity contribution in [3.63, 3.8) is 0 Å². The highest BCUT2D eigenvalue weighted by Gasteiger charge is 2.33. The summed E-state index contributed by atoms with van der Waals surface area (Å²) in [4.78, 5) is 27.7. The molecule has 0 bridgehead atoms. The molecule has 0 saturated heterocycles. The Morgan fingerprint density at radius 3 is 2.19 bits per heavy atom. The molecule has 1 atom stereocenters. The molecule has 2 amide bonds. The van der Waals surface area contributed by atoms with Gasteiger partial charge in [0.1, 0.15) is 11.5 Å². The molecule has 4 aromatic rings. The van der Waals surface area contributed by atoms with E-state index in [2.05, 4.69) is 10.0 Å². The van der Waals surface area contributed by atoms with Gasteiger partial charge in [0.2, 0.25) is 10.0 Å². The Morgan fingerprint density at radius 2 is 1.48 bits per heavy atom. The zero-order valence-electron chi connectivity index (χ0n) is 22.8. The Kier molecular flexibility index (Phi) is 9.15. The van der Waals surface area contributed by atoms with Crippen LogP contribution in [-0.4, -0.2) is 46.0 Å². The second kappa shape index (κ2) is 13.3. The molecular weight excluding hydrogens is 554 g/mol. The van der Waals surface area contributed by atoms with E-state index < -0.39 is 16.1 Å². The average molecular weight is 586 g/mol. The molecular formula is C32H31N3O6S. The van der Waals surface area contributed by atoms with Crippen LogP contribution in [0.1, 0.15) is 11.1 Å². The average Bonchev–Trinajstić information content (AvgIpc) is 3.03. The van der Waals surface area contributed by atoms with E-state index in [0.717, 1.165) is 11.1 Å². The van der Waals surface area contributed by atoms with Crippen molar-refractivity contribution in [1.82, 2.24) is 10.0 Å². The zero-order valence-corrected chi connectivity index (χ0v) is 23.6. The predicted molar refractivity (Wildman–Crippen MR) is 159 cm³/mol. The fourth-order valence-electron chi connectivity index (χ4n) is 4.50. The largest absolute Gasteiger partial charge is 0.484 e. The standard InChI is InChI=1S/C32H31N3O6S/c36-31(23-40-26-15-17-27(18-16-26)42(38,39)34-20-19-24-9-3-1-4-10-24)35-22-30(41-29-14-8-7-13-28(29)35)32(37)33-21-25-11-5-2-6-12-25/h1-18,30,34H,19-23H2,(H,33,37). The number of nitrogens with zero attached hydrogens (tertiary/aromatic N) is 1. The molecule has 0 radical (unpaired) electrons. The van der Waals surface area contributed by atoms with Crippen LogP contribution in [0.3, 0.4) is 0 Å². The minimum atomic E-state index is -3.70. The Bertz CT molecular complexity index is 1610. The fraction of sp³-hybridized carbons (Fsp3) is 0.188. The van der Waals surface area contributed by atoms with Crippen molar-refractivity contribution < 1.29 is 27.5 Å². The van der Waals surface area contributed by atoms with E-state index in [9.17, 15) is 18.0 Å². The van der Waals surface area contributed by atoms with E-state index in [1.54, 1.807) is 24.3 Å². The highest BCUT2D eigenvalue weighted by atomic mass is 32.2. The molecule has 0 aliphatic carbocycles. The number of hydrogen-bond acceptors (Lipinski definition) is 6. The van der Waals surface area contributed by atoms with Crippen LogP contribution in [-0.2, 0) is 32.6 Å². The lowest BCUT2D eigenvalue weighted by Gasteiger charge is -2.34. The van der Waals surface area contributed by atoms with Crippen molar-refractivity contribution in [2.45, 2.75) is 24.0 Å². The normalized spacial score (nSPS) is 14.4. The van der Waals surface area contributed by atoms with Crippen LogP contribution in [0.15, 0.2) is 114 Å². The molecule has 2 N–H and O–H groups in total. The summed E-state index contributed by atoms with van der Waals surface area (Å²) in [6.45, 7) is 0.317. The molecule has 5 rings (SSSR count). The van der Waals surface area contributed by atoms with E-state index in [0.29, 0.717) is 30.2 Å². The SMILES string of the molecule is O=C(NCc1ccccc1)C1CN(C(=O)COc2ccc(S(=O)(=O)NCCc3ccccc3)cc2)c2ccccc2O1. The van der Waals surface area contributed by atoms with Gasteiger partial charge in [0.25, 0.3) is 11.8 Å². The van der Waals surface area contributed by atoms with Crippen molar-refractivity contribution >= 4 is 27.5 Å². The van der Waals surface area contributed by atoms with Crippen LogP contribution in [0.4, 0.5) is 5.69 Å². The minimum Gasteiger partial charge on any atom is -0.484 e. The number of benzene rings is 4. The molecule has 1 aliphatic rings. The fourth-order valence-corrected chi connectivity index (χ4v) is 5.53. The summed E-state index contributed by atoms with van der Waals surface area (Å²) >= 11 is 0. The third-order valence-electron chi connectivity index (χ3n) is 6.72. The number of anilines is 1. The van der Waals surface area contributed by atoms with E-state index in [4.69, 9.17) is 9.47 Å². The van der Waals surface area contributed by atoms with Crippen molar-refractivity contribution in [2.24, 2.45) is 0 Å². The topological polar surface area (TPSA) is 114 Å². The van der Waals surface area contributed by atoms with Gasteiger partial charge >= 0.3 is 0 Å². The van der Waals surface area contributed by atoms with Gasteiger partial charge in [-0.05, 0) is 53.9 Å². The Hall–Kier alpha value is -4.67. The molecule has 0 spiro atoms. The molecule has 1 unspecified atom stereocenters. The number of carbonyl (C=O) groups excluding carboxylic acids is 2. The summed E-state index contributed by atoms with van der Waals surface area (Å²) in [5, 5.41) is 2.87. The first-order valence-corrected chi connectivity index (χ1v) is 15.0. The number of rotatable bonds is 11. The first-order valence-electron chi connectivity index (χ1n) is 13.5. The number of para-hydroxylation sites is 2. The molecule has 216 valence electrons. The number of sulfonamides is 1. The number of carbonyl (C=O) groups is 2. The van der Waals surface area contributed by atoms with Crippen LogP contribution in [0.5, 0.6) is 11.5 Å². The van der Waals surface area contributed by atoms with E-state index >= 15 is 0 Å². The van der Waals surface area contributed by atoms with Gasteiger partial charge < -0.3 is 19.7 Å². The van der Waals surface area contributed by atoms with Crippen LogP contribution in [0.25, 0.3) is 0 Å². The van der Waals surface area contributed by atoms with Gasteiger partial charge in [0.05, 0.1) is 17.1 Å². The summed E-state index contributed by atoms with van der Waals surface area (Å²) < 4.78 is 39.6. The molecule has 9 nitrogen and oxygen atoms in total. The summed E-state index contributed by atoms with van der Waals surface area (Å²) in [6.07, 6.45) is -0.324. The molecule has 42 heavy (non-hydrogen) atoms. The monoisotopic (exact) mass is 585 g/mol. The lowest BCUT2D eigenvalue weighted by atomic mass is 10.1. The van der Waals surface area contributed by atoms with Gasteiger partial charge in [-0.25, -0.2) is 13.1 Å². The van der Waals surface area contributed by atoms with Gasteiger partial charge in [-0.15, -0.1) is 0 Å². The van der Waals surface area contributed by atoms with E-state index in [1.165, 1.54) is 29.2 Å². The quantitative estimate of drug-likeness (QED) is 0.278. The zero-order chi connectivity index (χ0) is 29.4. The first kappa shape index (κ1) is 28.8. The van der Waals surface area contributed by atoms with Crippen molar-refractivity contribution in [3.05, 3.63) is 120 Å². The number of amides is 2. The minimum absolute atomic E-state index is 0.0195. The predicted octanol–water partition coefficient (Wildman–Crippen LogP) is 3.70. The number of nitrogens with one attached hydrogen (secondary N) is 2. The summed E-state index contributed by atoms with van der Waals surface area (Å²) in [6, 6.07) is 32.0. The maximum atomic E-state index is 13.3. The molecule has 0 saturated carbocycles. The van der Waals surface area contributed by atoms with Crippen molar-refractivity contribution in [2.75, 3.05) is 24.6 Å². The summed E-state index contributed by atoms with van der Waals surface area (Å²) in [5.74, 6) is 0.0590. The second-order valence-corrected chi connectivity index (χ2v) is 11.4. The lowest BCUT2D eigenvalue weighted by molar-refractivity contribution is -0.128. The molecule has 0 aromatic heterocycles. The van der Waals surface area contributed by atoms with Crippen LogP contribution in [0, 0.1) is 0 Å². The van der Waals surface area contributed by atoms with Crippen LogP contribution < -0.4 is 24.4 Å². The second-order valence-electron chi connectivity index (χ2n) is 9.68. The number of ether oxygens (including phenoxy) is 2. The third kappa shape index (κ3) is 7.34. The van der Waals surface area contributed by atoms with E-state index in [1.807, 2.05) is 60.7 Å². The molecule has 0 fully saturated rings. The van der Waals surface area contributed by atoms with Crippen molar-refractivity contribution in [3.8, 4) is 11.5 Å². The maximum Gasteiger partial charge on any atom is 0.265 e. The number of fused-ring (bicyclic) bond motifs is 1. The van der Waals surface area contributed by atoms with Gasteiger partial charge in [0.15, 0.2) is 12.7 Å². The van der Waals surface area contributed by atoms with Gasteiger partial charge in [-0.2, -0.15) is 0 Å². The Balaban J connectivity index is 1.17. The van der Waals surface area contributed by atoms with Gasteiger partial charge in [0, 0.05) is 13.1 Å². The molecule has 4 aromatic carbocycles. The maximum absolute atomic E-state index is 13.3. The van der Waals surface area contributed by atoms with Gasteiger partial charge in [-0.1, -0.05) is 72.8 Å². The highest BCUT2D eigenvalue weighted by Crippen LogP contribution is 2.33. The van der Waals surface area contributed by atoms with E-state index in [-0.39, 0.29) is 36.4 Å². The van der Waals surface area contributed by atoms with Gasteiger partial charge in [-0.3, -0.25) is 9.59 Å². The Labute approximate surface area is 245 Å². The Morgan fingerprint density at radius 1 is 0.833 bits per heavy atom. The summed E-state index contributed by atoms with van der Waals surface area (Å²) in [7, 11) is -3.70. The van der Waals surface area contributed by atoms with Crippen molar-refractivity contribution in [1.29, 1.82) is 0 Å². The molecule has 10 heteroatoms. The smallest absolute Gasteiger partial charge is 0.265 e. The number of hydrogen-bond donors (Lipinski definition) is 2. The first-order chi connectivity index (χ1) is 20.4.